The summed E-state index contributed by atoms with van der Waals surface area (Å²) in [6, 6.07) is 7.40. The number of ether oxygens (including phenoxy) is 1. The number of carbonyl (C=O) groups excluding carboxylic acids is 6. The number of carbonyl (C=O) groups is 5. The number of primary amides is 1. The Balaban J connectivity index is 0. The molecule has 0 aliphatic carbocycles. The van der Waals surface area contributed by atoms with E-state index < -0.39 is 11.2 Å². The molecular weight excluding hydrogens is 662 g/mol. The van der Waals surface area contributed by atoms with Crippen molar-refractivity contribution >= 4 is 57.1 Å². The minimum atomic E-state index is -0.920. The molecule has 1 amide bonds. The van der Waals surface area contributed by atoms with Gasteiger partial charge in [-0.2, -0.15) is 6.41 Å². The van der Waals surface area contributed by atoms with E-state index in [1.807, 2.05) is 31.2 Å². The number of hydrogen-bond acceptors (Lipinski definition) is 9. The summed E-state index contributed by atoms with van der Waals surface area (Å²) in [4.78, 5) is 67.2. The summed E-state index contributed by atoms with van der Waals surface area (Å²) in [6.45, 7) is 2.78. The van der Waals surface area contributed by atoms with Crippen molar-refractivity contribution in [3.63, 3.8) is 0 Å². The average Bonchev–Trinajstić information content (AvgIpc) is 2.80. The van der Waals surface area contributed by atoms with Crippen molar-refractivity contribution in [1.29, 1.82) is 0 Å². The molecule has 0 bridgehead atoms. The second-order valence-electron chi connectivity index (χ2n) is 7.30. The summed E-state index contributed by atoms with van der Waals surface area (Å²) in [5.74, 6) is -0.923. The molecule has 194 valence electrons. The van der Waals surface area contributed by atoms with E-state index in [2.05, 4.69) is 5.73 Å². The van der Waals surface area contributed by atoms with Crippen molar-refractivity contribution in [2.45, 2.75) is 64.0 Å². The Hall–Kier alpha value is -1.77. The van der Waals surface area contributed by atoms with Crippen LogP contribution >= 0.6 is 21.6 Å². The summed E-state index contributed by atoms with van der Waals surface area (Å²) < 4.78 is 4.99. The standard InChI is InChI=1S/C23H30O6S2.CH2NO.W/c1-4-19(25)6-5-7-20(26)13-12-17-8-10-18(11-9-17)14-21(27)15-29-23(28)22(16(2)24)31-30-3;2-1-3;/h8-11,22H,4-7,12-15H2,1-3H3;(H2,2,3);/q;-1;. The Bertz CT molecular complexity index is 832. The number of Topliss-reactive ketones (excluding diaryl/α,β-unsaturated/α-hetero) is 4. The third kappa shape index (κ3) is 17.3. The zero-order valence-electron chi connectivity index (χ0n) is 20.2. The number of esters is 1. The summed E-state index contributed by atoms with van der Waals surface area (Å²) in [5, 5.41) is -0.920. The number of aryl methyl sites for hydroxylation is 1. The number of amides is 1. The van der Waals surface area contributed by atoms with Gasteiger partial charge in [0, 0.05) is 53.2 Å². The summed E-state index contributed by atoms with van der Waals surface area (Å²) >= 11 is 0. The number of ketones is 4. The SMILES string of the molecule is CCC(=O)CCCC(=O)CCc1ccc(CC(=O)COC(=O)C(SSC)C(C)=O)cc1.N[C-]=O.[W]. The van der Waals surface area contributed by atoms with Gasteiger partial charge in [0.05, 0.1) is 0 Å². The fourth-order valence-electron chi connectivity index (χ4n) is 2.77. The smallest absolute Gasteiger partial charge is 0.328 e. The van der Waals surface area contributed by atoms with Crippen molar-refractivity contribution in [2.75, 3.05) is 12.9 Å². The first kappa shape index (κ1) is 35.4. The molecule has 0 heterocycles. The predicted octanol–water partition coefficient (Wildman–Crippen LogP) is 2.97. The van der Waals surface area contributed by atoms with E-state index in [0.29, 0.717) is 38.5 Å². The van der Waals surface area contributed by atoms with Crippen LogP contribution in [0.15, 0.2) is 24.3 Å². The minimum absolute atomic E-state index is 0. The number of nitrogens with two attached hydrogens (primary N) is 1. The summed E-state index contributed by atoms with van der Waals surface area (Å²) in [5.41, 5.74) is 5.83. The van der Waals surface area contributed by atoms with Crippen LogP contribution in [0, 0.1) is 0 Å². The normalized spacial score (nSPS) is 10.6. The van der Waals surface area contributed by atoms with Gasteiger partial charge >= 0.3 is 5.97 Å². The molecule has 11 heteroatoms. The zero-order chi connectivity index (χ0) is 25.9. The first-order chi connectivity index (χ1) is 16.2. The molecule has 0 aliphatic rings. The molecule has 0 saturated carbocycles. The van der Waals surface area contributed by atoms with Crippen LogP contribution in [0.1, 0.15) is 57.1 Å². The first-order valence-corrected chi connectivity index (χ1v) is 13.4. The van der Waals surface area contributed by atoms with Gasteiger partial charge in [0.1, 0.15) is 18.2 Å². The molecule has 1 unspecified atom stereocenters. The van der Waals surface area contributed by atoms with Gasteiger partial charge in [0.15, 0.2) is 16.8 Å². The molecular formula is C24H32NO7S2W-. The Morgan fingerprint density at radius 3 is 2.03 bits per heavy atom. The maximum Gasteiger partial charge on any atom is 0.328 e. The summed E-state index contributed by atoms with van der Waals surface area (Å²) in [6.07, 6.45) is 5.95. The first-order valence-electron chi connectivity index (χ1n) is 10.8. The Labute approximate surface area is 228 Å². The number of benzene rings is 1. The molecule has 0 spiro atoms. The average molecular weight is 694 g/mol. The summed E-state index contributed by atoms with van der Waals surface area (Å²) in [7, 11) is 2.40. The van der Waals surface area contributed by atoms with Crippen LogP contribution in [0.4, 0.5) is 0 Å². The van der Waals surface area contributed by atoms with Gasteiger partial charge in [-0.3, -0.25) is 24.0 Å². The van der Waals surface area contributed by atoms with Crippen LogP contribution in [0.2, 0.25) is 0 Å². The van der Waals surface area contributed by atoms with Crippen molar-refractivity contribution in [3.8, 4) is 0 Å². The third-order valence-corrected chi connectivity index (χ3v) is 6.64. The molecule has 2 N–H and O–H groups in total. The third-order valence-electron chi connectivity index (χ3n) is 4.57. The van der Waals surface area contributed by atoms with Gasteiger partial charge in [-0.05, 0) is 37.1 Å². The van der Waals surface area contributed by atoms with Crippen molar-refractivity contribution < 1.29 is 54.6 Å². The second-order valence-corrected chi connectivity index (χ2v) is 9.87. The van der Waals surface area contributed by atoms with E-state index >= 15 is 0 Å². The van der Waals surface area contributed by atoms with Crippen LogP contribution in [-0.2, 0) is 67.4 Å². The van der Waals surface area contributed by atoms with Crippen molar-refractivity contribution in [1.82, 2.24) is 0 Å². The van der Waals surface area contributed by atoms with Crippen molar-refractivity contribution in [3.05, 3.63) is 35.4 Å². The van der Waals surface area contributed by atoms with E-state index in [0.717, 1.165) is 28.3 Å². The van der Waals surface area contributed by atoms with Crippen LogP contribution in [0.5, 0.6) is 0 Å². The molecule has 1 rings (SSSR count). The van der Waals surface area contributed by atoms with Gasteiger partial charge in [-0.15, -0.1) is 0 Å². The maximum atomic E-state index is 12.1. The molecule has 0 aliphatic heterocycles. The molecule has 0 saturated heterocycles. The maximum absolute atomic E-state index is 12.1. The molecule has 1 aromatic carbocycles. The van der Waals surface area contributed by atoms with Gasteiger partial charge in [0.2, 0.25) is 0 Å². The van der Waals surface area contributed by atoms with Gasteiger partial charge in [-0.25, -0.2) is 0 Å². The number of hydrogen-bond donors (Lipinski definition) is 1. The molecule has 35 heavy (non-hydrogen) atoms. The largest absolute Gasteiger partial charge is 0.543 e. The quantitative estimate of drug-likeness (QED) is 0.0911. The second kappa shape index (κ2) is 21.5. The Morgan fingerprint density at radius 2 is 1.51 bits per heavy atom. The molecule has 0 radical (unpaired) electrons. The minimum Gasteiger partial charge on any atom is -0.543 e. The van der Waals surface area contributed by atoms with Gasteiger partial charge in [-0.1, -0.05) is 52.8 Å². The van der Waals surface area contributed by atoms with E-state index in [4.69, 9.17) is 9.53 Å². The fourth-order valence-corrected chi connectivity index (χ4v) is 4.46. The Morgan fingerprint density at radius 1 is 0.971 bits per heavy atom. The Kier molecular flexibility index (Phi) is 21.7. The van der Waals surface area contributed by atoms with Crippen LogP contribution in [-0.4, -0.2) is 53.6 Å². The molecule has 1 aromatic rings. The van der Waals surface area contributed by atoms with E-state index in [-0.39, 0.29) is 57.2 Å². The van der Waals surface area contributed by atoms with Gasteiger partial charge < -0.3 is 15.3 Å². The number of rotatable bonds is 16. The van der Waals surface area contributed by atoms with Crippen LogP contribution in [0.3, 0.4) is 0 Å². The molecule has 1 atom stereocenters. The molecule has 0 aromatic heterocycles. The fraction of sp³-hybridized carbons (Fsp3) is 0.500. The monoisotopic (exact) mass is 694 g/mol. The molecule has 0 fully saturated rings. The van der Waals surface area contributed by atoms with E-state index in [9.17, 15) is 24.0 Å². The predicted molar refractivity (Wildman–Crippen MR) is 134 cm³/mol. The van der Waals surface area contributed by atoms with Crippen LogP contribution in [0.25, 0.3) is 0 Å². The van der Waals surface area contributed by atoms with Gasteiger partial charge in [0.25, 0.3) is 0 Å². The molecule has 8 nitrogen and oxygen atoms in total. The van der Waals surface area contributed by atoms with Crippen LogP contribution < -0.4 is 5.73 Å². The topological polar surface area (TPSA) is 138 Å². The van der Waals surface area contributed by atoms with E-state index in [1.54, 1.807) is 6.26 Å². The van der Waals surface area contributed by atoms with Crippen molar-refractivity contribution in [2.24, 2.45) is 5.73 Å². The van der Waals surface area contributed by atoms with E-state index in [1.165, 1.54) is 17.7 Å². The zero-order valence-corrected chi connectivity index (χ0v) is 24.8.